The normalized spacial score (nSPS) is 16.3. The van der Waals surface area contributed by atoms with Gasteiger partial charge in [0.25, 0.3) is 0 Å². The molecular formula is C22H25FN2O3. The molecule has 0 bridgehead atoms. The number of hydrogen-bond donors (Lipinski definition) is 1. The molecule has 5 nitrogen and oxygen atoms in total. The fourth-order valence-corrected chi connectivity index (χ4v) is 3.38. The van der Waals surface area contributed by atoms with E-state index in [0.717, 1.165) is 16.9 Å². The Hall–Kier alpha value is -2.89. The third-order valence-electron chi connectivity index (χ3n) is 5.02. The second-order valence-electron chi connectivity index (χ2n) is 7.01. The molecule has 1 aliphatic heterocycles. The molecule has 1 unspecified atom stereocenters. The molecule has 1 fully saturated rings. The monoisotopic (exact) mass is 384 g/mol. The summed E-state index contributed by atoms with van der Waals surface area (Å²) in [7, 11) is 1.62. The average molecular weight is 384 g/mol. The van der Waals surface area contributed by atoms with Crippen molar-refractivity contribution in [1.29, 1.82) is 0 Å². The maximum absolute atomic E-state index is 13.0. The third kappa shape index (κ3) is 5.31. The lowest BCUT2D eigenvalue weighted by Crippen LogP contribution is -2.34. The van der Waals surface area contributed by atoms with Gasteiger partial charge in [-0.1, -0.05) is 24.3 Å². The molecular weight excluding hydrogens is 359 g/mol. The highest BCUT2D eigenvalue weighted by molar-refractivity contribution is 5.89. The van der Waals surface area contributed by atoms with E-state index in [1.165, 1.54) is 12.1 Å². The Morgan fingerprint density at radius 1 is 1.18 bits per heavy atom. The van der Waals surface area contributed by atoms with Crippen LogP contribution in [0.5, 0.6) is 5.75 Å². The fourth-order valence-electron chi connectivity index (χ4n) is 3.38. The van der Waals surface area contributed by atoms with Gasteiger partial charge in [0.2, 0.25) is 11.8 Å². The topological polar surface area (TPSA) is 58.6 Å². The summed E-state index contributed by atoms with van der Waals surface area (Å²) in [6, 6.07) is 14.0. The van der Waals surface area contributed by atoms with E-state index in [1.807, 2.05) is 24.3 Å². The molecule has 1 atom stereocenters. The van der Waals surface area contributed by atoms with Crippen molar-refractivity contribution in [2.45, 2.75) is 19.3 Å². The van der Waals surface area contributed by atoms with Crippen molar-refractivity contribution in [1.82, 2.24) is 10.2 Å². The average Bonchev–Trinajstić information content (AvgIpc) is 3.08. The van der Waals surface area contributed by atoms with E-state index in [-0.39, 0.29) is 30.0 Å². The number of likely N-dealkylation sites (tertiary alicyclic amines) is 1. The quantitative estimate of drug-likeness (QED) is 0.761. The molecule has 6 heteroatoms. The molecule has 3 rings (SSSR count). The van der Waals surface area contributed by atoms with Gasteiger partial charge in [0.1, 0.15) is 11.6 Å². The molecule has 148 valence electrons. The van der Waals surface area contributed by atoms with Crippen molar-refractivity contribution in [2.75, 3.05) is 26.7 Å². The minimum atomic E-state index is -0.314. The summed E-state index contributed by atoms with van der Waals surface area (Å²) in [5.41, 5.74) is 2.06. The number of halogens is 1. The van der Waals surface area contributed by atoms with Crippen LogP contribution in [0.1, 0.15) is 17.5 Å². The number of benzene rings is 2. The first-order valence-electron chi connectivity index (χ1n) is 9.48. The summed E-state index contributed by atoms with van der Waals surface area (Å²) in [6.45, 7) is 1.50. The maximum Gasteiger partial charge on any atom is 0.225 e. The number of ether oxygens (including phenoxy) is 1. The molecule has 0 aromatic heterocycles. The van der Waals surface area contributed by atoms with Crippen LogP contribution >= 0.6 is 0 Å². The van der Waals surface area contributed by atoms with Crippen molar-refractivity contribution in [3.8, 4) is 5.75 Å². The highest BCUT2D eigenvalue weighted by Gasteiger charge is 2.33. The Balaban J connectivity index is 1.43. The molecule has 2 aromatic carbocycles. The summed E-state index contributed by atoms with van der Waals surface area (Å²) in [4.78, 5) is 26.3. The summed E-state index contributed by atoms with van der Waals surface area (Å²) in [6.07, 6.45) is 1.60. The standard InChI is InChI=1S/C22H25FN2O3/c1-28-20-4-2-3-17(13-20)9-11-24-22(27)18-14-21(26)25(15-18)12-10-16-5-7-19(23)8-6-16/h2-8,13,18H,9-12,14-15H2,1H3,(H,24,27). The number of amides is 2. The smallest absolute Gasteiger partial charge is 0.225 e. The first kappa shape index (κ1) is 19.9. The highest BCUT2D eigenvalue weighted by Crippen LogP contribution is 2.19. The first-order valence-corrected chi connectivity index (χ1v) is 9.48. The number of carbonyl (C=O) groups is 2. The zero-order chi connectivity index (χ0) is 19.9. The summed E-state index contributed by atoms with van der Waals surface area (Å²) in [5, 5.41) is 2.93. The Morgan fingerprint density at radius 2 is 1.96 bits per heavy atom. The van der Waals surface area contributed by atoms with Gasteiger partial charge >= 0.3 is 0 Å². The second kappa shape index (κ2) is 9.35. The van der Waals surface area contributed by atoms with Crippen LogP contribution in [-0.4, -0.2) is 43.5 Å². The fraction of sp³-hybridized carbons (Fsp3) is 0.364. The summed E-state index contributed by atoms with van der Waals surface area (Å²) in [5.74, 6) is 0.121. The van der Waals surface area contributed by atoms with E-state index in [4.69, 9.17) is 4.74 Å². The molecule has 0 aliphatic carbocycles. The van der Waals surface area contributed by atoms with Crippen LogP contribution in [0.25, 0.3) is 0 Å². The van der Waals surface area contributed by atoms with Gasteiger partial charge in [-0.3, -0.25) is 9.59 Å². The molecule has 1 N–H and O–H groups in total. The molecule has 2 amide bonds. The largest absolute Gasteiger partial charge is 0.497 e. The van der Waals surface area contributed by atoms with Crippen LogP contribution in [0, 0.1) is 11.7 Å². The summed E-state index contributed by atoms with van der Waals surface area (Å²) < 4.78 is 18.2. The highest BCUT2D eigenvalue weighted by atomic mass is 19.1. The molecule has 0 radical (unpaired) electrons. The SMILES string of the molecule is COc1cccc(CCNC(=O)C2CC(=O)N(CCc3ccc(F)cc3)C2)c1. The van der Waals surface area contributed by atoms with E-state index in [0.29, 0.717) is 32.5 Å². The van der Waals surface area contributed by atoms with Crippen LogP contribution in [0.4, 0.5) is 4.39 Å². The molecule has 1 saturated heterocycles. The van der Waals surface area contributed by atoms with E-state index in [1.54, 1.807) is 24.1 Å². The van der Waals surface area contributed by atoms with Crippen LogP contribution in [0.15, 0.2) is 48.5 Å². The van der Waals surface area contributed by atoms with Crippen LogP contribution in [0.3, 0.4) is 0 Å². The zero-order valence-corrected chi connectivity index (χ0v) is 16.0. The van der Waals surface area contributed by atoms with Gasteiger partial charge in [0.15, 0.2) is 0 Å². The molecule has 2 aromatic rings. The number of methoxy groups -OCH3 is 1. The van der Waals surface area contributed by atoms with Crippen molar-refractivity contribution in [2.24, 2.45) is 5.92 Å². The van der Waals surface area contributed by atoms with Gasteiger partial charge in [0, 0.05) is 26.1 Å². The van der Waals surface area contributed by atoms with Gasteiger partial charge in [0.05, 0.1) is 13.0 Å². The number of carbonyl (C=O) groups excluding carboxylic acids is 2. The van der Waals surface area contributed by atoms with E-state index >= 15 is 0 Å². The second-order valence-corrected chi connectivity index (χ2v) is 7.01. The number of nitrogens with zero attached hydrogens (tertiary/aromatic N) is 1. The van der Waals surface area contributed by atoms with E-state index in [2.05, 4.69) is 5.32 Å². The van der Waals surface area contributed by atoms with Crippen molar-refractivity contribution >= 4 is 11.8 Å². The lowest BCUT2D eigenvalue weighted by Gasteiger charge is -2.16. The van der Waals surface area contributed by atoms with Gasteiger partial charge in [-0.15, -0.1) is 0 Å². The van der Waals surface area contributed by atoms with Crippen LogP contribution < -0.4 is 10.1 Å². The summed E-state index contributed by atoms with van der Waals surface area (Å²) >= 11 is 0. The van der Waals surface area contributed by atoms with Gasteiger partial charge in [-0.05, 0) is 48.2 Å². The molecule has 28 heavy (non-hydrogen) atoms. The minimum Gasteiger partial charge on any atom is -0.497 e. The van der Waals surface area contributed by atoms with E-state index in [9.17, 15) is 14.0 Å². The number of hydrogen-bond acceptors (Lipinski definition) is 3. The Labute approximate surface area is 164 Å². The first-order chi connectivity index (χ1) is 13.5. The zero-order valence-electron chi connectivity index (χ0n) is 16.0. The van der Waals surface area contributed by atoms with Crippen LogP contribution in [-0.2, 0) is 22.4 Å². The molecule has 1 heterocycles. The number of nitrogens with one attached hydrogen (secondary N) is 1. The molecule has 1 aliphatic rings. The van der Waals surface area contributed by atoms with Crippen molar-refractivity contribution in [3.63, 3.8) is 0 Å². The molecule has 0 spiro atoms. The Kier molecular flexibility index (Phi) is 6.63. The van der Waals surface area contributed by atoms with Crippen molar-refractivity contribution in [3.05, 3.63) is 65.5 Å². The minimum absolute atomic E-state index is 0.00458. The Bertz CT molecular complexity index is 823. The lowest BCUT2D eigenvalue weighted by molar-refractivity contribution is -0.129. The maximum atomic E-state index is 13.0. The third-order valence-corrected chi connectivity index (χ3v) is 5.02. The lowest BCUT2D eigenvalue weighted by atomic mass is 10.1. The van der Waals surface area contributed by atoms with Gasteiger partial charge in [-0.2, -0.15) is 0 Å². The van der Waals surface area contributed by atoms with Crippen LogP contribution in [0.2, 0.25) is 0 Å². The van der Waals surface area contributed by atoms with Gasteiger partial charge in [-0.25, -0.2) is 4.39 Å². The van der Waals surface area contributed by atoms with Crippen molar-refractivity contribution < 1.29 is 18.7 Å². The predicted molar refractivity (Wildman–Crippen MR) is 104 cm³/mol. The Morgan fingerprint density at radius 3 is 2.71 bits per heavy atom. The van der Waals surface area contributed by atoms with E-state index < -0.39 is 0 Å². The predicted octanol–water partition coefficient (Wildman–Crippen LogP) is 2.58. The number of rotatable bonds is 8. The van der Waals surface area contributed by atoms with Gasteiger partial charge < -0.3 is 15.0 Å². The molecule has 0 saturated carbocycles.